The first-order chi connectivity index (χ1) is 7.20. The Bertz CT molecular complexity index is 233. The van der Waals surface area contributed by atoms with Gasteiger partial charge < -0.3 is 0 Å². The van der Waals surface area contributed by atoms with E-state index in [1.165, 1.54) is 49.7 Å². The normalized spacial score (nSPS) is 11.1. The van der Waals surface area contributed by atoms with Crippen molar-refractivity contribution in [2.75, 3.05) is 0 Å². The lowest BCUT2D eigenvalue weighted by atomic mass is 10.1. The van der Waals surface area contributed by atoms with Crippen molar-refractivity contribution in [1.82, 2.24) is 0 Å². The molecule has 0 aliphatic rings. The fourth-order valence-electron chi connectivity index (χ4n) is 1.34. The van der Waals surface area contributed by atoms with Crippen molar-refractivity contribution >= 4 is 0 Å². The molecule has 0 aromatic carbocycles. The van der Waals surface area contributed by atoms with Crippen LogP contribution in [0.1, 0.15) is 66.2 Å². The molecule has 0 fully saturated rings. The summed E-state index contributed by atoms with van der Waals surface area (Å²) in [4.78, 5) is 0. The first-order valence-corrected chi connectivity index (χ1v) is 6.29. The monoisotopic (exact) mass is 206 g/mol. The summed E-state index contributed by atoms with van der Waals surface area (Å²) in [5.41, 5.74) is 6.03. The second-order valence-electron chi connectivity index (χ2n) is 4.31. The zero-order valence-electron chi connectivity index (χ0n) is 10.9. The summed E-state index contributed by atoms with van der Waals surface area (Å²) in [5.74, 6) is 0. The van der Waals surface area contributed by atoms with E-state index in [0.29, 0.717) is 0 Å². The number of rotatable bonds is 7. The molecule has 0 radical (unpaired) electrons. The molecule has 0 N–H and O–H groups in total. The van der Waals surface area contributed by atoms with Gasteiger partial charge in [0, 0.05) is 0 Å². The van der Waals surface area contributed by atoms with Crippen LogP contribution in [0.4, 0.5) is 0 Å². The Labute approximate surface area is 95.8 Å². The maximum absolute atomic E-state index is 3.30. The first-order valence-electron chi connectivity index (χ1n) is 6.29. The van der Waals surface area contributed by atoms with Crippen LogP contribution in [0.5, 0.6) is 0 Å². The van der Waals surface area contributed by atoms with E-state index in [1.807, 2.05) is 0 Å². The van der Waals surface area contributed by atoms with Gasteiger partial charge in [-0.15, -0.1) is 5.73 Å². The molecule has 0 aromatic heterocycles. The number of unbranched alkanes of at least 4 members (excludes halogenated alkanes) is 3. The molecule has 0 heteroatoms. The zero-order valence-corrected chi connectivity index (χ0v) is 10.9. The maximum Gasteiger partial charge on any atom is -0.0172 e. The minimum Gasteiger partial charge on any atom is -0.122 e. The van der Waals surface area contributed by atoms with Gasteiger partial charge in [0.1, 0.15) is 0 Å². The summed E-state index contributed by atoms with van der Waals surface area (Å²) in [6.45, 7) is 8.68. The highest BCUT2D eigenvalue weighted by Gasteiger charge is 1.91. The van der Waals surface area contributed by atoms with Crippen LogP contribution in [-0.2, 0) is 0 Å². The molecule has 0 saturated heterocycles. The summed E-state index contributed by atoms with van der Waals surface area (Å²) in [6, 6.07) is 0. The van der Waals surface area contributed by atoms with Crippen LogP contribution < -0.4 is 0 Å². The second-order valence-corrected chi connectivity index (χ2v) is 4.31. The van der Waals surface area contributed by atoms with E-state index >= 15 is 0 Å². The molecule has 0 aromatic rings. The summed E-state index contributed by atoms with van der Waals surface area (Å²) in [6.07, 6.45) is 12.1. The number of allylic oxidation sites excluding steroid dienone is 3. The van der Waals surface area contributed by atoms with E-state index < -0.39 is 0 Å². The molecule has 0 rings (SSSR count). The van der Waals surface area contributed by atoms with Gasteiger partial charge in [-0.2, -0.15) is 0 Å². The van der Waals surface area contributed by atoms with Crippen molar-refractivity contribution in [2.45, 2.75) is 66.2 Å². The molecule has 0 amide bonds. The van der Waals surface area contributed by atoms with Gasteiger partial charge in [-0.1, -0.05) is 39.2 Å². The lowest BCUT2D eigenvalue weighted by Crippen LogP contribution is -1.80. The third kappa shape index (κ3) is 9.56. The molecule has 0 spiro atoms. The molecular weight excluding hydrogens is 180 g/mol. The van der Waals surface area contributed by atoms with Crippen LogP contribution in [0.3, 0.4) is 0 Å². The highest BCUT2D eigenvalue weighted by molar-refractivity contribution is 5.19. The lowest BCUT2D eigenvalue weighted by Gasteiger charge is -2.00. The summed E-state index contributed by atoms with van der Waals surface area (Å²) < 4.78 is 0. The molecule has 0 bridgehead atoms. The molecule has 0 nitrogen and oxygen atoms in total. The van der Waals surface area contributed by atoms with E-state index in [0.717, 1.165) is 0 Å². The first kappa shape index (κ1) is 14.3. The number of hydrogen-bond acceptors (Lipinski definition) is 0. The van der Waals surface area contributed by atoms with Gasteiger partial charge in [-0.25, -0.2) is 0 Å². The quantitative estimate of drug-likeness (QED) is 0.296. The predicted octanol–water partition coefficient (Wildman–Crippen LogP) is 5.41. The molecule has 0 heterocycles. The van der Waals surface area contributed by atoms with E-state index in [1.54, 1.807) is 0 Å². The Hall–Kier alpha value is -0.740. The van der Waals surface area contributed by atoms with Gasteiger partial charge in [-0.05, 0) is 50.3 Å². The van der Waals surface area contributed by atoms with Crippen molar-refractivity contribution in [3.63, 3.8) is 0 Å². The molecule has 15 heavy (non-hydrogen) atoms. The topological polar surface area (TPSA) is 0 Å². The van der Waals surface area contributed by atoms with E-state index in [4.69, 9.17) is 0 Å². The summed E-state index contributed by atoms with van der Waals surface area (Å²) >= 11 is 0. The van der Waals surface area contributed by atoms with Crippen LogP contribution in [0, 0.1) is 0 Å². The summed E-state index contributed by atoms with van der Waals surface area (Å²) in [5, 5.41) is 0. The predicted molar refractivity (Wildman–Crippen MR) is 70.1 cm³/mol. The molecule has 0 aliphatic carbocycles. The number of hydrogen-bond donors (Lipinski definition) is 0. The van der Waals surface area contributed by atoms with Gasteiger partial charge in [0.15, 0.2) is 0 Å². The minimum atomic E-state index is 1.21. The smallest absolute Gasteiger partial charge is 0.0172 e. The minimum absolute atomic E-state index is 1.21. The van der Waals surface area contributed by atoms with Crippen molar-refractivity contribution in [3.8, 4) is 0 Å². The van der Waals surface area contributed by atoms with Crippen LogP contribution in [0.2, 0.25) is 0 Å². The Balaban J connectivity index is 4.30. The van der Waals surface area contributed by atoms with Crippen molar-refractivity contribution in [2.24, 2.45) is 0 Å². The van der Waals surface area contributed by atoms with Gasteiger partial charge in [0.25, 0.3) is 0 Å². The van der Waals surface area contributed by atoms with Crippen LogP contribution in [0.25, 0.3) is 0 Å². The van der Waals surface area contributed by atoms with Crippen LogP contribution in [-0.4, -0.2) is 0 Å². The Kier molecular flexibility index (Phi) is 9.32. The SMILES string of the molecule is CCCC/C=C(\C=C=C(C)C)CCCC. The van der Waals surface area contributed by atoms with Crippen LogP contribution in [0.15, 0.2) is 29.0 Å². The van der Waals surface area contributed by atoms with E-state index in [9.17, 15) is 0 Å². The standard InChI is InChI=1S/C15H26/c1-5-7-9-11-15(10-8-6-2)13-12-14(3)4/h11,13H,5-10H2,1-4H3/b15-11-. The molecule has 0 saturated carbocycles. The van der Waals surface area contributed by atoms with Crippen LogP contribution >= 0.6 is 0 Å². The highest BCUT2D eigenvalue weighted by atomic mass is 14.0. The molecule has 0 aliphatic heterocycles. The lowest BCUT2D eigenvalue weighted by molar-refractivity contribution is 0.778. The van der Waals surface area contributed by atoms with Crippen molar-refractivity contribution in [1.29, 1.82) is 0 Å². The van der Waals surface area contributed by atoms with E-state index in [2.05, 4.69) is 45.6 Å². The van der Waals surface area contributed by atoms with Gasteiger partial charge in [0.2, 0.25) is 0 Å². The average molecular weight is 206 g/mol. The zero-order chi connectivity index (χ0) is 11.5. The van der Waals surface area contributed by atoms with Gasteiger partial charge in [-0.3, -0.25) is 0 Å². The third-order valence-corrected chi connectivity index (χ3v) is 2.33. The summed E-state index contributed by atoms with van der Waals surface area (Å²) in [7, 11) is 0. The Morgan fingerprint density at radius 1 is 1.07 bits per heavy atom. The highest BCUT2D eigenvalue weighted by Crippen LogP contribution is 2.11. The van der Waals surface area contributed by atoms with Gasteiger partial charge in [0.05, 0.1) is 0 Å². The maximum atomic E-state index is 3.30. The largest absolute Gasteiger partial charge is 0.122 e. The van der Waals surface area contributed by atoms with Crippen molar-refractivity contribution < 1.29 is 0 Å². The second kappa shape index (κ2) is 9.80. The third-order valence-electron chi connectivity index (χ3n) is 2.33. The van der Waals surface area contributed by atoms with E-state index in [-0.39, 0.29) is 0 Å². The Morgan fingerprint density at radius 3 is 2.27 bits per heavy atom. The molecule has 0 atom stereocenters. The fourth-order valence-corrected chi connectivity index (χ4v) is 1.34. The Morgan fingerprint density at radius 2 is 1.73 bits per heavy atom. The average Bonchev–Trinajstić information content (AvgIpc) is 2.21. The van der Waals surface area contributed by atoms with Crippen molar-refractivity contribution in [3.05, 3.63) is 29.0 Å². The fraction of sp³-hybridized carbons (Fsp3) is 0.667. The molecule has 0 unspecified atom stereocenters. The molecule has 86 valence electrons. The molecular formula is C15H26. The van der Waals surface area contributed by atoms with Gasteiger partial charge >= 0.3 is 0 Å².